The first kappa shape index (κ1) is 12.8. The van der Waals surface area contributed by atoms with Gasteiger partial charge in [-0.1, -0.05) is 23.4 Å². The monoisotopic (exact) mass is 287 g/mol. The molecule has 3 rings (SSSR count). The maximum absolute atomic E-state index is 12.1. The van der Waals surface area contributed by atoms with Gasteiger partial charge in [-0.15, -0.1) is 0 Å². The Kier molecular flexibility index (Phi) is 2.87. The number of aromatic amines is 1. The summed E-state index contributed by atoms with van der Waals surface area (Å²) in [5.41, 5.74) is -1.01. The largest absolute Gasteiger partial charge is 0.439 e. The summed E-state index contributed by atoms with van der Waals surface area (Å²) in [5, 5.41) is 7.38. The minimum absolute atomic E-state index is 0.134. The Morgan fingerprint density at radius 2 is 1.86 bits per heavy atom. The van der Waals surface area contributed by atoms with Gasteiger partial charge in [-0.25, -0.2) is 9.59 Å². The molecule has 0 saturated carbocycles. The van der Waals surface area contributed by atoms with Crippen LogP contribution in [-0.2, 0) is 7.05 Å². The Balaban J connectivity index is 2.33. The van der Waals surface area contributed by atoms with E-state index in [9.17, 15) is 14.4 Å². The van der Waals surface area contributed by atoms with E-state index in [1.165, 1.54) is 7.05 Å². The molecule has 0 unspecified atom stereocenters. The predicted octanol–water partition coefficient (Wildman–Crippen LogP) is -0.726. The molecule has 0 amide bonds. The number of nitrogens with one attached hydrogen (secondary N) is 1. The number of benzene rings is 1. The van der Waals surface area contributed by atoms with E-state index in [-0.39, 0.29) is 11.5 Å². The molecular weight excluding hydrogens is 278 g/mol. The minimum Gasteiger partial charge on any atom is -0.296 e. The number of hydrogen-bond donors (Lipinski definition) is 1. The first-order chi connectivity index (χ1) is 10.1. The van der Waals surface area contributed by atoms with E-state index >= 15 is 0 Å². The van der Waals surface area contributed by atoms with Crippen molar-refractivity contribution in [3.05, 3.63) is 61.7 Å². The summed E-state index contributed by atoms with van der Waals surface area (Å²) in [6, 6.07) is 8.56. The zero-order valence-electron chi connectivity index (χ0n) is 10.8. The third-order valence-electron chi connectivity index (χ3n) is 2.84. The van der Waals surface area contributed by atoms with Crippen molar-refractivity contribution in [1.29, 1.82) is 0 Å². The molecule has 0 spiro atoms. The second-order valence-electron chi connectivity index (χ2n) is 4.19. The molecule has 0 bridgehead atoms. The third kappa shape index (κ3) is 2.10. The van der Waals surface area contributed by atoms with Crippen molar-refractivity contribution in [2.75, 3.05) is 0 Å². The lowest BCUT2D eigenvalue weighted by Crippen LogP contribution is -2.40. The molecule has 0 aliphatic rings. The van der Waals surface area contributed by atoms with Crippen molar-refractivity contribution in [2.45, 2.75) is 0 Å². The molecular formula is C12H9N5O4. The number of aromatic nitrogens is 5. The highest BCUT2D eigenvalue weighted by Gasteiger charge is 2.17. The summed E-state index contributed by atoms with van der Waals surface area (Å²) in [6.07, 6.45) is 0. The van der Waals surface area contributed by atoms with Gasteiger partial charge in [-0.05, 0) is 12.1 Å². The summed E-state index contributed by atoms with van der Waals surface area (Å²) in [6.45, 7) is 0. The molecule has 0 saturated heterocycles. The highest BCUT2D eigenvalue weighted by molar-refractivity contribution is 5.45. The van der Waals surface area contributed by atoms with Crippen molar-refractivity contribution in [1.82, 2.24) is 24.5 Å². The second-order valence-corrected chi connectivity index (χ2v) is 4.19. The maximum atomic E-state index is 12.1. The van der Waals surface area contributed by atoms with E-state index in [0.29, 0.717) is 5.69 Å². The van der Waals surface area contributed by atoms with Crippen LogP contribution < -0.4 is 17.0 Å². The van der Waals surface area contributed by atoms with Crippen molar-refractivity contribution >= 4 is 0 Å². The van der Waals surface area contributed by atoms with E-state index in [1.54, 1.807) is 30.3 Å². The Morgan fingerprint density at radius 1 is 1.14 bits per heavy atom. The molecule has 0 atom stereocenters. The van der Waals surface area contributed by atoms with Crippen LogP contribution in [0.3, 0.4) is 0 Å². The lowest BCUT2D eigenvalue weighted by molar-refractivity contribution is 0.387. The molecule has 9 nitrogen and oxygen atoms in total. The molecule has 106 valence electrons. The number of H-pyrrole nitrogens is 1. The van der Waals surface area contributed by atoms with Crippen LogP contribution in [0.25, 0.3) is 17.2 Å². The normalized spacial score (nSPS) is 10.7. The van der Waals surface area contributed by atoms with Crippen LogP contribution in [0.4, 0.5) is 0 Å². The van der Waals surface area contributed by atoms with E-state index in [4.69, 9.17) is 0 Å². The van der Waals surface area contributed by atoms with Crippen molar-refractivity contribution in [3.8, 4) is 17.2 Å². The molecule has 3 aromatic rings. The Hall–Kier alpha value is -3.23. The lowest BCUT2D eigenvalue weighted by Gasteiger charge is -2.07. The van der Waals surface area contributed by atoms with Crippen molar-refractivity contribution < 1.29 is 4.52 Å². The standard InChI is InChI=1S/C12H9N5O4/c1-16-10(18)8(9-13-11(19)21-15-9)14-17(12(16)20)7-5-3-2-4-6-7/h2-6H,1H3,(H,13,15,19). The smallest absolute Gasteiger partial charge is 0.296 e. The fourth-order valence-corrected chi connectivity index (χ4v) is 1.79. The van der Waals surface area contributed by atoms with Gasteiger partial charge in [0.25, 0.3) is 5.56 Å². The van der Waals surface area contributed by atoms with Gasteiger partial charge in [0.15, 0.2) is 5.69 Å². The molecule has 0 fully saturated rings. The zero-order chi connectivity index (χ0) is 15.0. The molecule has 0 radical (unpaired) electrons. The first-order valence-electron chi connectivity index (χ1n) is 5.90. The average Bonchev–Trinajstić information content (AvgIpc) is 2.92. The molecule has 9 heteroatoms. The van der Waals surface area contributed by atoms with Gasteiger partial charge in [0.2, 0.25) is 5.82 Å². The van der Waals surface area contributed by atoms with Crippen LogP contribution in [0.15, 0.2) is 49.2 Å². The molecule has 0 aliphatic heterocycles. The van der Waals surface area contributed by atoms with Crippen LogP contribution in [0, 0.1) is 0 Å². The van der Waals surface area contributed by atoms with Gasteiger partial charge in [-0.2, -0.15) is 9.78 Å². The molecule has 2 heterocycles. The van der Waals surface area contributed by atoms with E-state index < -0.39 is 17.0 Å². The van der Waals surface area contributed by atoms with Crippen LogP contribution in [0.2, 0.25) is 0 Å². The van der Waals surface area contributed by atoms with E-state index in [2.05, 4.69) is 19.8 Å². The van der Waals surface area contributed by atoms with E-state index in [1.807, 2.05) is 0 Å². The van der Waals surface area contributed by atoms with Crippen LogP contribution >= 0.6 is 0 Å². The van der Waals surface area contributed by atoms with Crippen molar-refractivity contribution in [3.63, 3.8) is 0 Å². The van der Waals surface area contributed by atoms with Gasteiger partial charge in [0.05, 0.1) is 5.69 Å². The number of para-hydroxylation sites is 1. The lowest BCUT2D eigenvalue weighted by atomic mass is 10.3. The van der Waals surface area contributed by atoms with Gasteiger partial charge in [-0.3, -0.25) is 18.9 Å². The fourth-order valence-electron chi connectivity index (χ4n) is 1.79. The minimum atomic E-state index is -0.814. The number of hydrogen-bond acceptors (Lipinski definition) is 6. The summed E-state index contributed by atoms with van der Waals surface area (Å²) in [4.78, 5) is 37.4. The highest BCUT2D eigenvalue weighted by atomic mass is 16.5. The fraction of sp³-hybridized carbons (Fsp3) is 0.0833. The zero-order valence-corrected chi connectivity index (χ0v) is 10.8. The Labute approximate surface area is 116 Å². The average molecular weight is 287 g/mol. The summed E-state index contributed by atoms with van der Waals surface area (Å²) >= 11 is 0. The van der Waals surface area contributed by atoms with Gasteiger partial charge < -0.3 is 0 Å². The highest BCUT2D eigenvalue weighted by Crippen LogP contribution is 2.05. The first-order valence-corrected chi connectivity index (χ1v) is 5.90. The maximum Gasteiger partial charge on any atom is 0.439 e. The quantitative estimate of drug-likeness (QED) is 0.664. The van der Waals surface area contributed by atoms with Gasteiger partial charge in [0.1, 0.15) is 0 Å². The van der Waals surface area contributed by atoms with Crippen LogP contribution in [0.1, 0.15) is 0 Å². The molecule has 0 aliphatic carbocycles. The van der Waals surface area contributed by atoms with Gasteiger partial charge >= 0.3 is 11.4 Å². The number of rotatable bonds is 2. The SMILES string of the molecule is Cn1c(=O)c(-c2noc(=O)[nH]2)nn(-c2ccccc2)c1=O. The van der Waals surface area contributed by atoms with Gasteiger partial charge in [0, 0.05) is 7.05 Å². The summed E-state index contributed by atoms with van der Waals surface area (Å²) in [7, 11) is 1.31. The Bertz CT molecular complexity index is 964. The molecule has 1 aromatic carbocycles. The van der Waals surface area contributed by atoms with Crippen molar-refractivity contribution in [2.24, 2.45) is 7.05 Å². The second kappa shape index (κ2) is 4.71. The summed E-state index contributed by atoms with van der Waals surface area (Å²) in [5.74, 6) is -0.948. The molecule has 2 aromatic heterocycles. The predicted molar refractivity (Wildman–Crippen MR) is 71.2 cm³/mol. The summed E-state index contributed by atoms with van der Waals surface area (Å²) < 4.78 is 6.28. The van der Waals surface area contributed by atoms with E-state index in [0.717, 1.165) is 9.25 Å². The molecule has 21 heavy (non-hydrogen) atoms. The third-order valence-corrected chi connectivity index (χ3v) is 2.84. The topological polar surface area (TPSA) is 116 Å². The number of nitrogens with zero attached hydrogens (tertiary/aromatic N) is 4. The van der Waals surface area contributed by atoms with Crippen LogP contribution in [-0.4, -0.2) is 24.5 Å². The van der Waals surface area contributed by atoms with Crippen LogP contribution in [0.5, 0.6) is 0 Å². The molecule has 1 N–H and O–H groups in total. The Morgan fingerprint density at radius 3 is 2.48 bits per heavy atom.